The molecule has 1 saturated heterocycles. The molecule has 39 heavy (non-hydrogen) atoms. The summed E-state index contributed by atoms with van der Waals surface area (Å²) in [5.74, 6) is 3.39. The van der Waals surface area contributed by atoms with Crippen molar-refractivity contribution in [3.8, 4) is 22.8 Å². The summed E-state index contributed by atoms with van der Waals surface area (Å²) in [4.78, 5) is 26.0. The Labute approximate surface area is 241 Å². The van der Waals surface area contributed by atoms with Gasteiger partial charge in [-0.2, -0.15) is 11.8 Å². The van der Waals surface area contributed by atoms with Crippen molar-refractivity contribution in [1.29, 1.82) is 0 Å². The van der Waals surface area contributed by atoms with Gasteiger partial charge in [-0.05, 0) is 17.9 Å². The lowest BCUT2D eigenvalue weighted by Crippen LogP contribution is -2.45. The van der Waals surface area contributed by atoms with Crippen LogP contribution >= 0.6 is 35.0 Å². The summed E-state index contributed by atoms with van der Waals surface area (Å²) >= 11 is 15.2. The highest BCUT2D eigenvalue weighted by Gasteiger charge is 2.30. The molecule has 0 unspecified atom stereocenters. The zero-order chi connectivity index (χ0) is 27.9. The SMILES string of the molecule is C=CC(=O)N[C@H]1COC[C@H]1Nc1ncc2cc(-c3c(Cl)c(OC)cc(OC)c3Cl)nc(NCCSCC)c2n1. The number of benzene rings is 1. The quantitative estimate of drug-likeness (QED) is 0.202. The van der Waals surface area contributed by atoms with Gasteiger partial charge >= 0.3 is 0 Å². The maximum absolute atomic E-state index is 11.8. The van der Waals surface area contributed by atoms with Gasteiger partial charge in [0.1, 0.15) is 17.0 Å². The summed E-state index contributed by atoms with van der Waals surface area (Å²) in [5.41, 5.74) is 1.61. The molecule has 1 amide bonds. The van der Waals surface area contributed by atoms with Gasteiger partial charge < -0.3 is 30.2 Å². The van der Waals surface area contributed by atoms with Crippen LogP contribution in [0.15, 0.2) is 31.0 Å². The Balaban J connectivity index is 1.75. The lowest BCUT2D eigenvalue weighted by molar-refractivity contribution is -0.117. The maximum atomic E-state index is 11.8. The first-order chi connectivity index (χ1) is 18.9. The third-order valence-corrected chi connectivity index (χ3v) is 7.70. The number of hydrogen-bond donors (Lipinski definition) is 3. The van der Waals surface area contributed by atoms with Crippen LogP contribution in [0, 0.1) is 0 Å². The Hall–Kier alpha value is -2.99. The van der Waals surface area contributed by atoms with Crippen LogP contribution in [0.4, 0.5) is 11.8 Å². The summed E-state index contributed by atoms with van der Waals surface area (Å²) in [6, 6.07) is 3.00. The van der Waals surface area contributed by atoms with Gasteiger partial charge in [-0.15, -0.1) is 0 Å². The highest BCUT2D eigenvalue weighted by atomic mass is 35.5. The molecule has 1 aliphatic heterocycles. The molecule has 3 aromatic rings. The fourth-order valence-electron chi connectivity index (χ4n) is 4.10. The van der Waals surface area contributed by atoms with E-state index in [1.807, 2.05) is 17.8 Å². The van der Waals surface area contributed by atoms with Crippen molar-refractivity contribution < 1.29 is 19.0 Å². The highest BCUT2D eigenvalue weighted by Crippen LogP contribution is 2.46. The molecule has 4 rings (SSSR count). The first kappa shape index (κ1) is 29.0. The van der Waals surface area contributed by atoms with Gasteiger partial charge in [0.2, 0.25) is 11.9 Å². The van der Waals surface area contributed by atoms with E-state index >= 15 is 0 Å². The smallest absolute Gasteiger partial charge is 0.243 e. The summed E-state index contributed by atoms with van der Waals surface area (Å²) in [7, 11) is 3.05. The lowest BCUT2D eigenvalue weighted by atomic mass is 10.1. The summed E-state index contributed by atoms with van der Waals surface area (Å²) in [6.07, 6.45) is 2.94. The van der Waals surface area contributed by atoms with Gasteiger partial charge in [0.15, 0.2) is 5.82 Å². The van der Waals surface area contributed by atoms with Crippen molar-refractivity contribution >= 4 is 63.5 Å². The maximum Gasteiger partial charge on any atom is 0.243 e. The average molecular weight is 594 g/mol. The van der Waals surface area contributed by atoms with Gasteiger partial charge in [-0.1, -0.05) is 36.7 Å². The van der Waals surface area contributed by atoms with Crippen molar-refractivity contribution in [2.75, 3.05) is 56.1 Å². The topological polar surface area (TPSA) is 120 Å². The number of hydrogen-bond acceptors (Lipinski definition) is 10. The van der Waals surface area contributed by atoms with Gasteiger partial charge in [0, 0.05) is 35.5 Å². The van der Waals surface area contributed by atoms with Crippen LogP contribution in [-0.2, 0) is 9.53 Å². The molecule has 2 aromatic heterocycles. The molecule has 0 bridgehead atoms. The van der Waals surface area contributed by atoms with Crippen molar-refractivity contribution in [2.45, 2.75) is 19.0 Å². The van der Waals surface area contributed by atoms with E-state index in [0.717, 1.165) is 16.9 Å². The molecule has 0 radical (unpaired) electrons. The molecule has 2 atom stereocenters. The van der Waals surface area contributed by atoms with E-state index in [4.69, 9.17) is 47.4 Å². The van der Waals surface area contributed by atoms with Crippen LogP contribution in [0.25, 0.3) is 22.2 Å². The number of ether oxygens (including phenoxy) is 3. The largest absolute Gasteiger partial charge is 0.495 e. The first-order valence-electron chi connectivity index (χ1n) is 12.3. The molecule has 3 N–H and O–H groups in total. The van der Waals surface area contributed by atoms with Gasteiger partial charge in [0.05, 0.1) is 55.3 Å². The fraction of sp³-hybridized carbons (Fsp3) is 0.385. The Bertz CT molecular complexity index is 1330. The Morgan fingerprint density at radius 3 is 2.56 bits per heavy atom. The zero-order valence-corrected chi connectivity index (χ0v) is 24.2. The Kier molecular flexibility index (Phi) is 9.95. The average Bonchev–Trinajstić information content (AvgIpc) is 3.37. The van der Waals surface area contributed by atoms with Gasteiger partial charge in [0.25, 0.3) is 0 Å². The number of fused-ring (bicyclic) bond motifs is 1. The van der Waals surface area contributed by atoms with E-state index < -0.39 is 0 Å². The number of rotatable bonds is 12. The molecule has 1 aromatic carbocycles. The van der Waals surface area contributed by atoms with E-state index in [2.05, 4.69) is 34.4 Å². The minimum atomic E-state index is -0.267. The molecule has 0 saturated carbocycles. The van der Waals surface area contributed by atoms with E-state index in [9.17, 15) is 4.79 Å². The number of pyridine rings is 1. The van der Waals surface area contributed by atoms with E-state index in [1.54, 1.807) is 12.3 Å². The normalized spacial score (nSPS) is 16.6. The molecular weight excluding hydrogens is 563 g/mol. The van der Waals surface area contributed by atoms with Crippen molar-refractivity contribution in [3.63, 3.8) is 0 Å². The van der Waals surface area contributed by atoms with E-state index in [1.165, 1.54) is 20.3 Å². The number of thioether (sulfide) groups is 1. The number of anilines is 2. The minimum absolute atomic E-state index is 0.210. The molecule has 0 aliphatic carbocycles. The highest BCUT2D eigenvalue weighted by molar-refractivity contribution is 7.99. The Morgan fingerprint density at radius 2 is 1.90 bits per heavy atom. The third-order valence-electron chi connectivity index (χ3n) is 6.05. The van der Waals surface area contributed by atoms with Gasteiger partial charge in [-0.25, -0.2) is 15.0 Å². The molecule has 0 spiro atoms. The van der Waals surface area contributed by atoms with Crippen LogP contribution in [0.2, 0.25) is 10.0 Å². The van der Waals surface area contributed by atoms with Crippen LogP contribution in [0.1, 0.15) is 6.92 Å². The zero-order valence-electron chi connectivity index (χ0n) is 21.8. The van der Waals surface area contributed by atoms with E-state index in [-0.39, 0.29) is 18.0 Å². The Morgan fingerprint density at radius 1 is 1.18 bits per heavy atom. The number of amides is 1. The number of halogens is 2. The second-order valence-corrected chi connectivity index (χ2v) is 10.7. The third kappa shape index (κ3) is 6.60. The molecule has 1 fully saturated rings. The fourth-order valence-corrected chi connectivity index (χ4v) is 5.33. The molecule has 1 aliphatic rings. The molecule has 208 valence electrons. The second kappa shape index (κ2) is 13.4. The number of aromatic nitrogens is 3. The number of carbonyl (C=O) groups excluding carboxylic acids is 1. The summed E-state index contributed by atoms with van der Waals surface area (Å²) in [6.45, 7) is 7.07. The number of carbonyl (C=O) groups is 1. The summed E-state index contributed by atoms with van der Waals surface area (Å²) < 4.78 is 16.4. The predicted molar refractivity (Wildman–Crippen MR) is 158 cm³/mol. The molecular formula is C26H30Cl2N6O4S. The number of methoxy groups -OCH3 is 2. The van der Waals surface area contributed by atoms with Crippen LogP contribution in [0.3, 0.4) is 0 Å². The second-order valence-electron chi connectivity index (χ2n) is 8.50. The van der Waals surface area contributed by atoms with Crippen LogP contribution < -0.4 is 25.4 Å². The van der Waals surface area contributed by atoms with Crippen molar-refractivity contribution in [1.82, 2.24) is 20.3 Å². The molecule has 3 heterocycles. The number of nitrogens with zero attached hydrogens (tertiary/aromatic N) is 3. The summed E-state index contributed by atoms with van der Waals surface area (Å²) in [5, 5.41) is 10.9. The number of nitrogens with one attached hydrogen (secondary N) is 3. The predicted octanol–water partition coefficient (Wildman–Crippen LogP) is 4.66. The molecule has 10 nitrogen and oxygen atoms in total. The first-order valence-corrected chi connectivity index (χ1v) is 14.2. The van der Waals surface area contributed by atoms with E-state index in [0.29, 0.717) is 69.8 Å². The van der Waals surface area contributed by atoms with Crippen molar-refractivity contribution in [2.24, 2.45) is 0 Å². The monoisotopic (exact) mass is 592 g/mol. The van der Waals surface area contributed by atoms with Gasteiger partial charge in [-0.3, -0.25) is 4.79 Å². The van der Waals surface area contributed by atoms with Crippen LogP contribution in [0.5, 0.6) is 11.5 Å². The lowest BCUT2D eigenvalue weighted by Gasteiger charge is -2.20. The van der Waals surface area contributed by atoms with Crippen LogP contribution in [-0.4, -0.2) is 78.4 Å². The molecule has 13 heteroatoms. The minimum Gasteiger partial charge on any atom is -0.495 e. The van der Waals surface area contributed by atoms with Crippen molar-refractivity contribution in [3.05, 3.63) is 41.0 Å². The standard InChI is InChI=1S/C26H30Cl2N6O4S/c1-5-20(35)31-16-12-38-13-17(16)33-26-30-11-14-9-15(32-25(24(14)34-26)29-7-8-39-6-2)21-22(27)18(36-3)10-19(37-4)23(21)28/h5,9-11,16-17H,1,6-8,12-13H2,2-4H3,(H,29,32)(H,31,35)(H,30,33,34)/t16-,17+/m0/s1.